The fourth-order valence-electron chi connectivity index (χ4n) is 5.23. The molecular weight excluding hydrogens is 570 g/mol. The summed E-state index contributed by atoms with van der Waals surface area (Å²) in [6.07, 6.45) is 9.86. The number of carbonyl (C=O) groups is 3. The number of hydrogen-bond acceptors (Lipinski definition) is 11. The minimum absolute atomic E-state index is 0.00649. The fourth-order valence-corrected chi connectivity index (χ4v) is 5.23. The number of amides is 4. The molecule has 0 radical (unpaired) electrons. The van der Waals surface area contributed by atoms with Crippen LogP contribution in [-0.4, -0.2) is 84.0 Å². The van der Waals surface area contributed by atoms with Gasteiger partial charge in [-0.15, -0.1) is 0 Å². The van der Waals surface area contributed by atoms with Gasteiger partial charge in [0.2, 0.25) is 17.7 Å². The zero-order valence-electron chi connectivity index (χ0n) is 23.8. The third-order valence-electron chi connectivity index (χ3n) is 7.80. The van der Waals surface area contributed by atoms with Gasteiger partial charge in [-0.3, -0.25) is 19.4 Å². The molecule has 3 fully saturated rings. The molecule has 2 atom stereocenters. The molecular formula is C29H29N9O6. The molecule has 4 amide bonds. The molecule has 2 aliphatic carbocycles. The summed E-state index contributed by atoms with van der Waals surface area (Å²) < 4.78 is 13.2. The third-order valence-corrected chi connectivity index (χ3v) is 7.80. The molecule has 0 bridgehead atoms. The van der Waals surface area contributed by atoms with Crippen LogP contribution >= 0.6 is 0 Å². The number of pyridine rings is 1. The van der Waals surface area contributed by atoms with Crippen LogP contribution < -0.4 is 19.7 Å². The number of nitrogens with one attached hydrogen (secondary N) is 1. The Balaban J connectivity index is 1.10. The molecule has 2 saturated carbocycles. The number of fused-ring (bicyclic) bond motifs is 1. The zero-order valence-corrected chi connectivity index (χ0v) is 23.8. The van der Waals surface area contributed by atoms with E-state index >= 15 is 0 Å². The molecule has 2 unspecified atom stereocenters. The maximum absolute atomic E-state index is 12.9. The van der Waals surface area contributed by atoms with Crippen molar-refractivity contribution in [2.24, 2.45) is 5.92 Å². The molecule has 5 heterocycles. The summed E-state index contributed by atoms with van der Waals surface area (Å²) in [5.74, 6) is 0.470. The van der Waals surface area contributed by atoms with Gasteiger partial charge in [0, 0.05) is 49.7 Å². The molecule has 44 heavy (non-hydrogen) atoms. The monoisotopic (exact) mass is 599 g/mol. The van der Waals surface area contributed by atoms with Crippen molar-refractivity contribution in [2.75, 3.05) is 37.0 Å². The second-order valence-corrected chi connectivity index (χ2v) is 11.0. The average molecular weight is 600 g/mol. The summed E-state index contributed by atoms with van der Waals surface area (Å²) in [6, 6.07) is 4.68. The van der Waals surface area contributed by atoms with Crippen molar-refractivity contribution in [3.8, 4) is 11.9 Å². The van der Waals surface area contributed by atoms with Gasteiger partial charge < -0.3 is 24.3 Å². The Morgan fingerprint density at radius 2 is 1.91 bits per heavy atom. The van der Waals surface area contributed by atoms with E-state index in [1.165, 1.54) is 18.0 Å². The Hall–Kier alpha value is -5.18. The third kappa shape index (κ3) is 5.48. The van der Waals surface area contributed by atoms with E-state index in [0.29, 0.717) is 35.2 Å². The standard InChI is InChI=1S/C29H29N9O6/c1-36-24(40)14-38(29(36)42)21-9-17(16-3-4-16)12-37-13-18(32-26(21)37)15-44-23-11-22(34-28(35-23)43-8-7-39)33-27(41)20-10-19(20)25-30-5-2-6-31-25/h2,5-6,9,11-13,16,19-20,39H,3-4,7-8,10,14-15H2,1H3,(H,33,34,35,41). The first kappa shape index (κ1) is 27.6. The Bertz CT molecular complexity index is 1760. The lowest BCUT2D eigenvalue weighted by Gasteiger charge is -2.17. The molecule has 15 nitrogen and oxygen atoms in total. The summed E-state index contributed by atoms with van der Waals surface area (Å²) in [5, 5.41) is 12.0. The number of aromatic nitrogens is 6. The van der Waals surface area contributed by atoms with E-state index in [0.717, 1.165) is 23.3 Å². The van der Waals surface area contributed by atoms with E-state index in [-0.39, 0.29) is 67.7 Å². The molecule has 1 saturated heterocycles. The van der Waals surface area contributed by atoms with Gasteiger partial charge >= 0.3 is 12.0 Å². The number of imide groups is 1. The van der Waals surface area contributed by atoms with Crippen molar-refractivity contribution in [1.82, 2.24) is 34.2 Å². The Morgan fingerprint density at radius 3 is 2.64 bits per heavy atom. The van der Waals surface area contributed by atoms with E-state index in [4.69, 9.17) is 14.5 Å². The topological polar surface area (TPSA) is 177 Å². The van der Waals surface area contributed by atoms with Crippen LogP contribution in [0.3, 0.4) is 0 Å². The number of aliphatic hydroxyl groups is 1. The van der Waals surface area contributed by atoms with Crippen LogP contribution in [0, 0.1) is 5.92 Å². The molecule has 4 aromatic rings. The summed E-state index contributed by atoms with van der Waals surface area (Å²) in [5.41, 5.74) is 2.71. The number of ether oxygens (including phenoxy) is 2. The number of hydrogen-bond donors (Lipinski definition) is 2. The van der Waals surface area contributed by atoms with E-state index in [2.05, 4.69) is 25.3 Å². The van der Waals surface area contributed by atoms with Crippen molar-refractivity contribution in [2.45, 2.75) is 37.7 Å². The highest BCUT2D eigenvalue weighted by Crippen LogP contribution is 2.46. The zero-order chi connectivity index (χ0) is 30.4. The number of nitrogens with zero attached hydrogens (tertiary/aromatic N) is 8. The minimum Gasteiger partial charge on any atom is -0.471 e. The summed E-state index contributed by atoms with van der Waals surface area (Å²) in [6.45, 7) is -0.334. The van der Waals surface area contributed by atoms with Gasteiger partial charge in [0.25, 0.3) is 0 Å². The van der Waals surface area contributed by atoms with E-state index in [9.17, 15) is 19.5 Å². The molecule has 2 N–H and O–H groups in total. The number of urea groups is 1. The molecule has 226 valence electrons. The van der Waals surface area contributed by atoms with Crippen LogP contribution in [0.25, 0.3) is 5.65 Å². The van der Waals surface area contributed by atoms with Crippen molar-refractivity contribution in [1.29, 1.82) is 0 Å². The van der Waals surface area contributed by atoms with Gasteiger partial charge in [0.05, 0.1) is 18.0 Å². The van der Waals surface area contributed by atoms with Gasteiger partial charge in [0.15, 0.2) is 5.65 Å². The number of rotatable bonds is 11. The highest BCUT2D eigenvalue weighted by atomic mass is 16.5. The first-order valence-electron chi connectivity index (χ1n) is 14.3. The van der Waals surface area contributed by atoms with Gasteiger partial charge in [-0.2, -0.15) is 9.97 Å². The molecule has 0 spiro atoms. The maximum atomic E-state index is 12.9. The van der Waals surface area contributed by atoms with Crippen LogP contribution in [0.1, 0.15) is 48.2 Å². The largest absolute Gasteiger partial charge is 0.471 e. The number of likely N-dealkylation sites (N-methyl/N-ethyl adjacent to an activating group) is 1. The van der Waals surface area contributed by atoms with Gasteiger partial charge in [-0.25, -0.2) is 19.7 Å². The second kappa shape index (κ2) is 11.1. The lowest BCUT2D eigenvalue weighted by Crippen LogP contribution is -2.30. The van der Waals surface area contributed by atoms with E-state index in [1.54, 1.807) is 18.5 Å². The number of aliphatic hydroxyl groups excluding tert-OH is 1. The van der Waals surface area contributed by atoms with Gasteiger partial charge in [0.1, 0.15) is 31.4 Å². The maximum Gasteiger partial charge on any atom is 0.331 e. The first-order chi connectivity index (χ1) is 21.4. The Morgan fingerprint density at radius 1 is 1.09 bits per heavy atom. The first-order valence-corrected chi connectivity index (χ1v) is 14.3. The van der Waals surface area contributed by atoms with Crippen LogP contribution in [0.15, 0.2) is 43.0 Å². The predicted molar refractivity (Wildman–Crippen MR) is 153 cm³/mol. The quantitative estimate of drug-likeness (QED) is 0.241. The van der Waals surface area contributed by atoms with Crippen molar-refractivity contribution < 1.29 is 29.0 Å². The number of imidazole rings is 1. The van der Waals surface area contributed by atoms with E-state index in [1.807, 2.05) is 22.9 Å². The summed E-state index contributed by atoms with van der Waals surface area (Å²) in [7, 11) is 1.47. The Kier molecular flexibility index (Phi) is 7.00. The molecule has 1 aliphatic heterocycles. The smallest absolute Gasteiger partial charge is 0.331 e. The average Bonchev–Trinajstić information content (AvgIpc) is 3.96. The van der Waals surface area contributed by atoms with E-state index < -0.39 is 6.03 Å². The van der Waals surface area contributed by atoms with Crippen molar-refractivity contribution in [3.63, 3.8) is 0 Å². The summed E-state index contributed by atoms with van der Waals surface area (Å²) >= 11 is 0. The van der Waals surface area contributed by atoms with Gasteiger partial charge in [-0.1, -0.05) is 0 Å². The fraction of sp³-hybridized carbons (Fsp3) is 0.379. The number of carbonyl (C=O) groups excluding carboxylic acids is 3. The predicted octanol–water partition coefficient (Wildman–Crippen LogP) is 1.88. The van der Waals surface area contributed by atoms with Crippen LogP contribution in [0.4, 0.5) is 16.3 Å². The van der Waals surface area contributed by atoms with Crippen LogP contribution in [0.2, 0.25) is 0 Å². The lowest BCUT2D eigenvalue weighted by molar-refractivity contribution is -0.124. The SMILES string of the molecule is CN1C(=O)CN(c2cc(C3CC3)cn3cc(COc4cc(NC(=O)C5CC5c5ncccn5)nc(OCCO)n4)nc23)C1=O. The summed E-state index contributed by atoms with van der Waals surface area (Å²) in [4.78, 5) is 62.3. The highest BCUT2D eigenvalue weighted by molar-refractivity contribution is 6.13. The van der Waals surface area contributed by atoms with Crippen molar-refractivity contribution in [3.05, 3.63) is 60.1 Å². The molecule has 0 aromatic carbocycles. The lowest BCUT2D eigenvalue weighted by atomic mass is 10.1. The van der Waals surface area contributed by atoms with Crippen LogP contribution in [0.5, 0.6) is 11.9 Å². The molecule has 3 aliphatic rings. The second-order valence-electron chi connectivity index (χ2n) is 11.0. The van der Waals surface area contributed by atoms with Gasteiger partial charge in [-0.05, 0) is 42.9 Å². The molecule has 4 aromatic heterocycles. The molecule has 7 rings (SSSR count). The highest BCUT2D eigenvalue weighted by Gasteiger charge is 2.46. The number of anilines is 2. The van der Waals surface area contributed by atoms with Crippen LogP contribution in [-0.2, 0) is 16.2 Å². The Labute approximate surface area is 250 Å². The normalized spacial score (nSPS) is 19.5. The minimum atomic E-state index is -0.398. The van der Waals surface area contributed by atoms with Crippen molar-refractivity contribution >= 4 is 35.0 Å². The molecule has 15 heteroatoms.